The fraction of sp³-hybridized carbons (Fsp3) is 0.400. The Labute approximate surface area is 173 Å². The topological polar surface area (TPSA) is 91.8 Å². The van der Waals surface area contributed by atoms with E-state index in [-0.39, 0.29) is 5.56 Å². The summed E-state index contributed by atoms with van der Waals surface area (Å²) < 4.78 is 3.68. The molecule has 0 saturated carbocycles. The number of aryl methyl sites for hydroxylation is 1. The van der Waals surface area contributed by atoms with Crippen molar-refractivity contribution in [3.05, 3.63) is 45.7 Å². The molecule has 1 aliphatic rings. The molecule has 0 aliphatic carbocycles. The largest absolute Gasteiger partial charge is 0.340 e. The van der Waals surface area contributed by atoms with Gasteiger partial charge in [0.2, 0.25) is 5.95 Å². The number of piperazine rings is 1. The molecule has 0 bridgehead atoms. The van der Waals surface area contributed by atoms with Crippen molar-refractivity contribution in [3.8, 4) is 6.07 Å². The first-order chi connectivity index (χ1) is 14.2. The van der Waals surface area contributed by atoms with Gasteiger partial charge in [0.15, 0.2) is 16.3 Å². The van der Waals surface area contributed by atoms with E-state index >= 15 is 0 Å². The van der Waals surface area contributed by atoms with Crippen molar-refractivity contribution < 1.29 is 0 Å². The van der Waals surface area contributed by atoms with Gasteiger partial charge in [0.1, 0.15) is 0 Å². The molecule has 8 nitrogen and oxygen atoms in total. The van der Waals surface area contributed by atoms with E-state index in [0.29, 0.717) is 35.0 Å². The fourth-order valence-corrected chi connectivity index (χ4v) is 4.20. The zero-order chi connectivity index (χ0) is 20.4. The molecule has 2 aromatic heterocycles. The maximum Gasteiger partial charge on any atom is 0.280 e. The zero-order valence-corrected chi connectivity index (χ0v) is 17.4. The number of thioether (sulfide) groups is 1. The summed E-state index contributed by atoms with van der Waals surface area (Å²) in [4.78, 5) is 25.1. The Morgan fingerprint density at radius 2 is 1.90 bits per heavy atom. The van der Waals surface area contributed by atoms with Crippen molar-refractivity contribution in [2.75, 3.05) is 37.3 Å². The van der Waals surface area contributed by atoms with Crippen molar-refractivity contribution in [3.63, 3.8) is 0 Å². The Morgan fingerprint density at radius 1 is 1.17 bits per heavy atom. The van der Waals surface area contributed by atoms with Crippen LogP contribution in [0.15, 0.2) is 34.2 Å². The van der Waals surface area contributed by atoms with Crippen molar-refractivity contribution in [2.24, 2.45) is 0 Å². The molecule has 1 fully saturated rings. The minimum Gasteiger partial charge on any atom is -0.340 e. The summed E-state index contributed by atoms with van der Waals surface area (Å²) >= 11 is 1.44. The third-order valence-corrected chi connectivity index (χ3v) is 5.81. The van der Waals surface area contributed by atoms with Crippen LogP contribution in [-0.4, -0.2) is 51.5 Å². The van der Waals surface area contributed by atoms with Crippen LogP contribution >= 0.6 is 11.8 Å². The summed E-state index contributed by atoms with van der Waals surface area (Å²) in [6, 6.07) is 9.41. The number of nitrogens with zero attached hydrogens (tertiary/aromatic N) is 6. The first-order valence-electron chi connectivity index (χ1n) is 9.66. The van der Waals surface area contributed by atoms with Gasteiger partial charge in [-0.15, -0.1) is 0 Å². The molecule has 0 unspecified atom stereocenters. The second-order valence-electron chi connectivity index (χ2n) is 6.86. The lowest BCUT2D eigenvalue weighted by Gasteiger charge is -2.28. The van der Waals surface area contributed by atoms with E-state index in [9.17, 15) is 4.79 Å². The van der Waals surface area contributed by atoms with Crippen molar-refractivity contribution in [2.45, 2.75) is 25.2 Å². The van der Waals surface area contributed by atoms with Gasteiger partial charge in [-0.25, -0.2) is 4.98 Å². The predicted molar refractivity (Wildman–Crippen MR) is 115 cm³/mol. The fourth-order valence-electron chi connectivity index (χ4n) is 3.65. The van der Waals surface area contributed by atoms with Crippen molar-refractivity contribution in [1.82, 2.24) is 24.4 Å². The van der Waals surface area contributed by atoms with E-state index < -0.39 is 0 Å². The van der Waals surface area contributed by atoms with Crippen LogP contribution in [0.2, 0.25) is 0 Å². The maximum absolute atomic E-state index is 13.5. The van der Waals surface area contributed by atoms with E-state index in [4.69, 9.17) is 15.2 Å². The smallest absolute Gasteiger partial charge is 0.280 e. The summed E-state index contributed by atoms with van der Waals surface area (Å²) in [5, 5.41) is 13.0. The summed E-state index contributed by atoms with van der Waals surface area (Å²) in [5.74, 6) is 0.816. The molecule has 3 heterocycles. The molecule has 1 saturated heterocycles. The number of nitriles is 1. The molecule has 3 aromatic rings. The van der Waals surface area contributed by atoms with Gasteiger partial charge in [0.05, 0.1) is 18.2 Å². The lowest BCUT2D eigenvalue weighted by atomic mass is 10.1. The number of fused-ring (bicyclic) bond motifs is 1. The first-order valence-corrected chi connectivity index (χ1v) is 10.9. The van der Waals surface area contributed by atoms with E-state index in [1.807, 2.05) is 29.9 Å². The Hall–Kier alpha value is -2.83. The van der Waals surface area contributed by atoms with Gasteiger partial charge >= 0.3 is 0 Å². The molecule has 150 valence electrons. The lowest BCUT2D eigenvalue weighted by molar-refractivity contribution is 0.569. The molecule has 1 N–H and O–H groups in total. The number of nitrogens with one attached hydrogen (secondary N) is 1. The van der Waals surface area contributed by atoms with Gasteiger partial charge in [0, 0.05) is 32.7 Å². The summed E-state index contributed by atoms with van der Waals surface area (Å²) in [6.07, 6.45) is 1.91. The molecule has 0 spiro atoms. The van der Waals surface area contributed by atoms with E-state index in [1.54, 1.807) is 16.7 Å². The number of anilines is 1. The SMILES string of the molecule is CCn1c(N2CCNCC2)nc2nc(SC)n(Cc3ccc(C#N)cc3)c(=O)c21. The van der Waals surface area contributed by atoms with Crippen LogP contribution in [0.5, 0.6) is 0 Å². The first kappa shape index (κ1) is 19.5. The Bertz CT molecular complexity index is 1120. The van der Waals surface area contributed by atoms with Crippen LogP contribution in [-0.2, 0) is 13.1 Å². The number of hydrogen-bond acceptors (Lipinski definition) is 7. The second-order valence-corrected chi connectivity index (χ2v) is 7.64. The number of hydrogen-bond donors (Lipinski definition) is 1. The number of imidazole rings is 1. The second kappa shape index (κ2) is 8.27. The normalized spacial score (nSPS) is 14.3. The van der Waals surface area contributed by atoms with Gasteiger partial charge in [-0.3, -0.25) is 9.36 Å². The standard InChI is InChI=1S/C20H23N7OS/c1-3-26-16-17(23-19(26)25-10-8-22-9-11-25)24-20(29-2)27(18(16)28)13-15-6-4-14(12-21)5-7-15/h4-7,22H,3,8-11,13H2,1-2H3. The highest BCUT2D eigenvalue weighted by atomic mass is 32.2. The van der Waals surface area contributed by atoms with E-state index in [1.165, 1.54) is 11.8 Å². The van der Waals surface area contributed by atoms with Gasteiger partial charge in [-0.1, -0.05) is 23.9 Å². The van der Waals surface area contributed by atoms with E-state index in [0.717, 1.165) is 37.7 Å². The highest BCUT2D eigenvalue weighted by Crippen LogP contribution is 2.22. The molecule has 1 aromatic carbocycles. The number of benzene rings is 1. The summed E-state index contributed by atoms with van der Waals surface area (Å²) in [6.45, 7) is 6.61. The quantitative estimate of drug-likeness (QED) is 0.506. The Balaban J connectivity index is 1.83. The third-order valence-electron chi connectivity index (χ3n) is 5.13. The average Bonchev–Trinajstić information content (AvgIpc) is 3.15. The van der Waals surface area contributed by atoms with Crippen molar-refractivity contribution >= 4 is 28.9 Å². The minimum absolute atomic E-state index is 0.0838. The molecule has 0 atom stereocenters. The zero-order valence-electron chi connectivity index (χ0n) is 16.6. The van der Waals surface area contributed by atoms with Crippen LogP contribution in [0.4, 0.5) is 5.95 Å². The maximum atomic E-state index is 13.5. The van der Waals surface area contributed by atoms with Gasteiger partial charge in [-0.05, 0) is 30.9 Å². The van der Waals surface area contributed by atoms with Gasteiger partial charge < -0.3 is 14.8 Å². The van der Waals surface area contributed by atoms with Crippen molar-refractivity contribution in [1.29, 1.82) is 5.26 Å². The Morgan fingerprint density at radius 3 is 2.52 bits per heavy atom. The molecule has 4 rings (SSSR count). The van der Waals surface area contributed by atoms with Crippen LogP contribution in [0.25, 0.3) is 11.2 Å². The molecular formula is C20H23N7OS. The lowest BCUT2D eigenvalue weighted by Crippen LogP contribution is -2.44. The van der Waals surface area contributed by atoms with Gasteiger partial charge in [-0.2, -0.15) is 10.2 Å². The average molecular weight is 410 g/mol. The molecule has 1 aliphatic heterocycles. The van der Waals surface area contributed by atoms with Crippen LogP contribution in [0.1, 0.15) is 18.1 Å². The number of aromatic nitrogens is 4. The highest BCUT2D eigenvalue weighted by Gasteiger charge is 2.23. The van der Waals surface area contributed by atoms with Crippen LogP contribution in [0.3, 0.4) is 0 Å². The Kier molecular flexibility index (Phi) is 5.56. The molecular weight excluding hydrogens is 386 g/mol. The highest BCUT2D eigenvalue weighted by molar-refractivity contribution is 7.98. The van der Waals surface area contributed by atoms with Crippen LogP contribution in [0, 0.1) is 11.3 Å². The number of rotatable bonds is 5. The minimum atomic E-state index is -0.0838. The monoisotopic (exact) mass is 409 g/mol. The molecule has 0 amide bonds. The molecule has 29 heavy (non-hydrogen) atoms. The van der Waals surface area contributed by atoms with E-state index in [2.05, 4.69) is 16.3 Å². The summed E-state index contributed by atoms with van der Waals surface area (Å²) in [5.41, 5.74) is 2.52. The molecule has 0 radical (unpaired) electrons. The van der Waals surface area contributed by atoms with Crippen LogP contribution < -0.4 is 15.8 Å². The third kappa shape index (κ3) is 3.61. The predicted octanol–water partition coefficient (Wildman–Crippen LogP) is 1.66. The summed E-state index contributed by atoms with van der Waals surface area (Å²) in [7, 11) is 0. The van der Waals surface area contributed by atoms with Gasteiger partial charge in [0.25, 0.3) is 5.56 Å². The molecule has 9 heteroatoms.